The van der Waals surface area contributed by atoms with Crippen LogP contribution in [0.5, 0.6) is 11.5 Å². The van der Waals surface area contributed by atoms with Gasteiger partial charge in [0.05, 0.1) is 18.8 Å². The van der Waals surface area contributed by atoms with Crippen molar-refractivity contribution < 1.29 is 14.3 Å². The molecule has 4 rings (SSSR count). The summed E-state index contributed by atoms with van der Waals surface area (Å²) >= 11 is 0. The molecule has 0 aliphatic heterocycles. The molecule has 1 aliphatic carbocycles. The van der Waals surface area contributed by atoms with Crippen molar-refractivity contribution in [2.24, 2.45) is 5.41 Å². The molecule has 7 nitrogen and oxygen atoms in total. The Labute approximate surface area is 188 Å². The highest BCUT2D eigenvalue weighted by Gasteiger charge is 2.35. The number of nitrogens with zero attached hydrogens (tertiary/aromatic N) is 3. The Hall–Kier alpha value is -3.48. The molecule has 0 unspecified atom stereocenters. The summed E-state index contributed by atoms with van der Waals surface area (Å²) in [6.07, 6.45) is 6.27. The van der Waals surface area contributed by atoms with Gasteiger partial charge >= 0.3 is 0 Å². The standard InChI is InChI=1S/C25H28N4O3/c1-16(32-19-7-5-6-18(12-19)31-4)24(30)29-22-14-25(2,3)13-21-20(22)15-27-23(28-21)17-8-10-26-11-9-17/h5-12,15-16,22H,13-14H2,1-4H3,(H,29,30)/t16-,22+/m0/s1. The predicted molar refractivity (Wildman–Crippen MR) is 121 cm³/mol. The third kappa shape index (κ3) is 4.88. The monoisotopic (exact) mass is 432 g/mol. The number of pyridine rings is 1. The summed E-state index contributed by atoms with van der Waals surface area (Å²) in [7, 11) is 1.60. The predicted octanol–water partition coefficient (Wildman–Crippen LogP) is 4.14. The summed E-state index contributed by atoms with van der Waals surface area (Å²) in [6.45, 7) is 6.13. The van der Waals surface area contributed by atoms with Crippen LogP contribution in [0.25, 0.3) is 11.4 Å². The highest BCUT2D eigenvalue weighted by Crippen LogP contribution is 2.40. The lowest BCUT2D eigenvalue weighted by Crippen LogP contribution is -2.42. The van der Waals surface area contributed by atoms with E-state index in [2.05, 4.69) is 29.1 Å². The zero-order chi connectivity index (χ0) is 22.7. The molecule has 0 saturated carbocycles. The molecule has 1 aliphatic rings. The molecule has 1 N–H and O–H groups in total. The molecular formula is C25H28N4O3. The third-order valence-corrected chi connectivity index (χ3v) is 5.66. The lowest BCUT2D eigenvalue weighted by atomic mass is 9.74. The van der Waals surface area contributed by atoms with E-state index in [-0.39, 0.29) is 17.4 Å². The minimum absolute atomic E-state index is 0.00823. The van der Waals surface area contributed by atoms with Gasteiger partial charge in [0.25, 0.3) is 5.91 Å². The Kier molecular flexibility index (Phi) is 6.08. The van der Waals surface area contributed by atoms with E-state index in [0.717, 1.165) is 29.7 Å². The molecule has 1 amide bonds. The molecular weight excluding hydrogens is 404 g/mol. The maximum atomic E-state index is 13.0. The first-order valence-electron chi connectivity index (χ1n) is 10.7. The normalized spacial score (nSPS) is 17.7. The fourth-order valence-corrected chi connectivity index (χ4v) is 4.04. The van der Waals surface area contributed by atoms with Crippen LogP contribution in [0.15, 0.2) is 55.0 Å². The third-order valence-electron chi connectivity index (χ3n) is 5.66. The average molecular weight is 433 g/mol. The number of aromatic nitrogens is 3. The summed E-state index contributed by atoms with van der Waals surface area (Å²) in [5.74, 6) is 1.75. The van der Waals surface area contributed by atoms with E-state index in [0.29, 0.717) is 17.3 Å². The summed E-state index contributed by atoms with van der Waals surface area (Å²) in [4.78, 5) is 26.4. The fraction of sp³-hybridized carbons (Fsp3) is 0.360. The van der Waals surface area contributed by atoms with E-state index >= 15 is 0 Å². The van der Waals surface area contributed by atoms with Crippen molar-refractivity contribution in [3.63, 3.8) is 0 Å². The summed E-state index contributed by atoms with van der Waals surface area (Å²) in [5.41, 5.74) is 2.84. The lowest BCUT2D eigenvalue weighted by molar-refractivity contribution is -0.128. The molecule has 0 fully saturated rings. The van der Waals surface area contributed by atoms with Gasteiger partial charge in [0.15, 0.2) is 11.9 Å². The molecule has 0 spiro atoms. The summed E-state index contributed by atoms with van der Waals surface area (Å²) < 4.78 is 11.1. The van der Waals surface area contributed by atoms with Crippen molar-refractivity contribution in [2.75, 3.05) is 7.11 Å². The van der Waals surface area contributed by atoms with Gasteiger partial charge < -0.3 is 14.8 Å². The maximum absolute atomic E-state index is 13.0. The van der Waals surface area contributed by atoms with E-state index in [1.165, 1.54) is 0 Å². The number of hydrogen-bond acceptors (Lipinski definition) is 6. The van der Waals surface area contributed by atoms with Gasteiger partial charge in [0, 0.05) is 35.8 Å². The first kappa shape index (κ1) is 21.7. The quantitative estimate of drug-likeness (QED) is 0.630. The molecule has 166 valence electrons. The molecule has 1 aromatic carbocycles. The van der Waals surface area contributed by atoms with E-state index in [1.807, 2.05) is 30.5 Å². The number of nitrogens with one attached hydrogen (secondary N) is 1. The zero-order valence-corrected chi connectivity index (χ0v) is 18.8. The van der Waals surface area contributed by atoms with Crippen LogP contribution in [0.4, 0.5) is 0 Å². The number of hydrogen-bond donors (Lipinski definition) is 1. The van der Waals surface area contributed by atoms with Crippen LogP contribution in [-0.2, 0) is 11.2 Å². The van der Waals surface area contributed by atoms with Gasteiger partial charge in [-0.15, -0.1) is 0 Å². The van der Waals surface area contributed by atoms with Crippen LogP contribution < -0.4 is 14.8 Å². The van der Waals surface area contributed by atoms with Crippen molar-refractivity contribution in [1.82, 2.24) is 20.3 Å². The van der Waals surface area contributed by atoms with Gasteiger partial charge in [-0.3, -0.25) is 9.78 Å². The van der Waals surface area contributed by atoms with Gasteiger partial charge in [0.1, 0.15) is 11.5 Å². The first-order chi connectivity index (χ1) is 15.3. The van der Waals surface area contributed by atoms with Crippen LogP contribution in [0.1, 0.15) is 44.5 Å². The number of benzene rings is 1. The molecule has 2 atom stereocenters. The molecule has 2 aromatic heterocycles. The van der Waals surface area contributed by atoms with Crippen molar-refractivity contribution in [3.8, 4) is 22.9 Å². The minimum Gasteiger partial charge on any atom is -0.497 e. The topological polar surface area (TPSA) is 86.2 Å². The van der Waals surface area contributed by atoms with Gasteiger partial charge in [-0.05, 0) is 49.4 Å². The number of carbonyl (C=O) groups excluding carboxylic acids is 1. The average Bonchev–Trinajstić information content (AvgIpc) is 2.78. The van der Waals surface area contributed by atoms with Crippen molar-refractivity contribution >= 4 is 5.91 Å². The summed E-state index contributed by atoms with van der Waals surface area (Å²) in [5, 5.41) is 3.15. The minimum atomic E-state index is -0.660. The van der Waals surface area contributed by atoms with Crippen molar-refractivity contribution in [1.29, 1.82) is 0 Å². The number of fused-ring (bicyclic) bond motifs is 1. The van der Waals surface area contributed by atoms with Crippen molar-refractivity contribution in [2.45, 2.75) is 45.8 Å². The van der Waals surface area contributed by atoms with Gasteiger partial charge in [-0.2, -0.15) is 0 Å². The van der Waals surface area contributed by atoms with Gasteiger partial charge in [-0.1, -0.05) is 19.9 Å². The Balaban J connectivity index is 1.53. The smallest absolute Gasteiger partial charge is 0.261 e. The number of carbonyl (C=O) groups is 1. The highest BCUT2D eigenvalue weighted by atomic mass is 16.5. The fourth-order valence-electron chi connectivity index (χ4n) is 4.04. The number of ether oxygens (including phenoxy) is 2. The second-order valence-corrected chi connectivity index (χ2v) is 8.88. The van der Waals surface area contributed by atoms with Crippen LogP contribution in [0, 0.1) is 5.41 Å². The largest absolute Gasteiger partial charge is 0.497 e. The molecule has 3 aromatic rings. The lowest BCUT2D eigenvalue weighted by Gasteiger charge is -2.37. The second-order valence-electron chi connectivity index (χ2n) is 8.88. The van der Waals surface area contributed by atoms with E-state index in [4.69, 9.17) is 14.5 Å². The van der Waals surface area contributed by atoms with E-state index in [9.17, 15) is 4.79 Å². The van der Waals surface area contributed by atoms with Gasteiger partial charge in [-0.25, -0.2) is 9.97 Å². The Morgan fingerprint density at radius 2 is 1.94 bits per heavy atom. The molecule has 32 heavy (non-hydrogen) atoms. The molecule has 0 radical (unpaired) electrons. The molecule has 2 heterocycles. The number of amides is 1. The second kappa shape index (κ2) is 8.94. The van der Waals surface area contributed by atoms with Crippen LogP contribution in [-0.4, -0.2) is 34.1 Å². The van der Waals surface area contributed by atoms with Crippen LogP contribution in [0.3, 0.4) is 0 Å². The maximum Gasteiger partial charge on any atom is 0.261 e. The number of rotatable bonds is 6. The van der Waals surface area contributed by atoms with Gasteiger partial charge in [0.2, 0.25) is 0 Å². The molecule has 0 saturated heterocycles. The highest BCUT2D eigenvalue weighted by molar-refractivity contribution is 5.81. The Morgan fingerprint density at radius 1 is 1.19 bits per heavy atom. The van der Waals surface area contributed by atoms with Crippen LogP contribution in [0.2, 0.25) is 0 Å². The first-order valence-corrected chi connectivity index (χ1v) is 10.7. The number of methoxy groups -OCH3 is 1. The summed E-state index contributed by atoms with van der Waals surface area (Å²) in [6, 6.07) is 10.8. The van der Waals surface area contributed by atoms with E-state index < -0.39 is 6.10 Å². The SMILES string of the molecule is COc1cccc(O[C@@H](C)C(=O)N[C@@H]2CC(C)(C)Cc3nc(-c4ccncc4)ncc32)c1. The van der Waals surface area contributed by atoms with E-state index in [1.54, 1.807) is 38.6 Å². The van der Waals surface area contributed by atoms with Crippen LogP contribution >= 0.6 is 0 Å². The molecule has 0 bridgehead atoms. The Morgan fingerprint density at radius 3 is 2.69 bits per heavy atom. The Bertz CT molecular complexity index is 1100. The van der Waals surface area contributed by atoms with Crippen molar-refractivity contribution in [3.05, 3.63) is 66.2 Å². The molecule has 7 heteroatoms. The zero-order valence-electron chi connectivity index (χ0n) is 18.8.